The standard InChI is InChI=1S/C46H29N.2C42H27N/c1-2-11-33-27-36(23-20-30(33)10-1)47-45-19-8-7-18-42(45)44-29-35(22-25-46(44)47)32-13-9-12-31(26-32)34-21-24-41-39-16-4-3-14-37(39)38-15-5-6-17-40(38)43(41)28-34;1-3-13-33-29(10-1)12-9-18-34(33)30-22-20-28(21-23-30)31-24-25-41-39(26-31)38-17-7-8-19-40(38)43(41)42-27-32-11-2-4-14-35(32)36-15-5-6-16-37(36)42;1-2-10-31-25-32(22-21-28(31)9-1)29-17-19-30(20-18-29)33-23-24-41-39(26-33)38-15-7-8-16-40(38)43(41)42-27-34-11-3-4-12-35(34)36-13-5-6-14-37(36)42/h1-29H;2*1-27H. The zero-order valence-corrected chi connectivity index (χ0v) is 72.8. The lowest BCUT2D eigenvalue weighted by Gasteiger charge is -2.14. The van der Waals surface area contributed by atoms with Gasteiger partial charge in [0.2, 0.25) is 0 Å². The number of nitrogens with zero attached hydrogens (tertiary/aromatic N) is 3. The third kappa shape index (κ3) is 13.1. The van der Waals surface area contributed by atoms with Crippen molar-refractivity contribution < 1.29 is 0 Å². The molecular formula is C130H83N3. The van der Waals surface area contributed by atoms with Crippen molar-refractivity contribution in [3.63, 3.8) is 0 Å². The summed E-state index contributed by atoms with van der Waals surface area (Å²) in [7, 11) is 0. The average molecular weight is 1690 g/mol. The van der Waals surface area contributed by atoms with Crippen molar-refractivity contribution in [3.05, 3.63) is 504 Å². The first kappa shape index (κ1) is 76.7. The van der Waals surface area contributed by atoms with Crippen molar-refractivity contribution in [2.75, 3.05) is 0 Å². The summed E-state index contributed by atoms with van der Waals surface area (Å²) in [6.07, 6.45) is 0. The minimum atomic E-state index is 1.18. The maximum atomic E-state index is 2.45. The molecule has 3 heteroatoms. The normalized spacial score (nSPS) is 11.8. The Morgan fingerprint density at radius 1 is 0.105 bits per heavy atom. The fourth-order valence-corrected chi connectivity index (χ4v) is 21.5. The first-order valence-corrected chi connectivity index (χ1v) is 46.0. The van der Waals surface area contributed by atoms with E-state index in [1.54, 1.807) is 0 Å². The summed E-state index contributed by atoms with van der Waals surface area (Å²) in [6.45, 7) is 0. The number of rotatable bonds is 9. The molecule has 3 nitrogen and oxygen atoms in total. The van der Waals surface area contributed by atoms with Crippen LogP contribution in [0.5, 0.6) is 0 Å². The highest BCUT2D eigenvalue weighted by Gasteiger charge is 2.22. The molecule has 0 aliphatic heterocycles. The van der Waals surface area contributed by atoms with E-state index in [-0.39, 0.29) is 0 Å². The summed E-state index contributed by atoms with van der Waals surface area (Å²) in [6, 6.07) is 184. The van der Waals surface area contributed by atoms with Crippen LogP contribution >= 0.6 is 0 Å². The number of benzene rings is 25. The zero-order chi connectivity index (χ0) is 87.6. The van der Waals surface area contributed by atoms with E-state index in [1.165, 1.54) is 257 Å². The van der Waals surface area contributed by atoms with Gasteiger partial charge in [-0.15, -0.1) is 0 Å². The molecule has 0 bridgehead atoms. The third-order valence-corrected chi connectivity index (χ3v) is 27.9. The van der Waals surface area contributed by atoms with E-state index in [0.717, 1.165) is 0 Å². The van der Waals surface area contributed by atoms with E-state index >= 15 is 0 Å². The molecule has 0 saturated heterocycles. The fourth-order valence-electron chi connectivity index (χ4n) is 21.5. The Bertz CT molecular complexity index is 9550. The highest BCUT2D eigenvalue weighted by Crippen LogP contribution is 2.46. The smallest absolute Gasteiger partial charge is 0.0546 e. The first-order chi connectivity index (χ1) is 65.9. The lowest BCUT2D eigenvalue weighted by atomic mass is 9.91. The molecule has 28 rings (SSSR count). The summed E-state index contributed by atoms with van der Waals surface area (Å²) >= 11 is 0. The topological polar surface area (TPSA) is 14.8 Å². The van der Waals surface area contributed by atoms with Gasteiger partial charge in [-0.3, -0.25) is 0 Å². The lowest BCUT2D eigenvalue weighted by Crippen LogP contribution is -1.96. The van der Waals surface area contributed by atoms with Gasteiger partial charge in [0.15, 0.2) is 0 Å². The van der Waals surface area contributed by atoms with Gasteiger partial charge in [-0.1, -0.05) is 406 Å². The largest absolute Gasteiger partial charge is 0.309 e. The second-order valence-electron chi connectivity index (χ2n) is 35.3. The van der Waals surface area contributed by atoms with Crippen LogP contribution in [0, 0.1) is 0 Å². The van der Waals surface area contributed by atoms with E-state index in [0.29, 0.717) is 0 Å². The van der Waals surface area contributed by atoms with Gasteiger partial charge in [0, 0.05) is 48.8 Å². The van der Waals surface area contributed by atoms with E-state index in [9.17, 15) is 0 Å². The van der Waals surface area contributed by atoms with Gasteiger partial charge in [0.25, 0.3) is 0 Å². The maximum Gasteiger partial charge on any atom is 0.0546 e. The number of aromatic nitrogens is 3. The van der Waals surface area contributed by atoms with Crippen LogP contribution in [0.4, 0.5) is 0 Å². The molecule has 0 aliphatic rings. The number of fused-ring (bicyclic) bond motifs is 24. The summed E-state index contributed by atoms with van der Waals surface area (Å²) in [4.78, 5) is 0. The van der Waals surface area contributed by atoms with Gasteiger partial charge in [-0.25, -0.2) is 0 Å². The number of hydrogen-bond acceptors (Lipinski definition) is 0. The van der Waals surface area contributed by atoms with Crippen LogP contribution in [-0.4, -0.2) is 13.7 Å². The molecule has 0 spiro atoms. The quantitative estimate of drug-likeness (QED) is 0.128. The van der Waals surface area contributed by atoms with E-state index in [4.69, 9.17) is 0 Å². The molecule has 0 radical (unpaired) electrons. The lowest BCUT2D eigenvalue weighted by molar-refractivity contribution is 1.19. The SMILES string of the molecule is c1cc(-c2ccc3c4ccccc4c4ccccc4c3c2)cc(-c2ccc3c(c2)c2ccccc2n3-c2ccc3ccccc3c2)c1.c1ccc2c(-c3ccc(-c4ccc5c(c4)c4ccccc4n5-c4cc5ccccc5c5ccccc45)cc3)cccc2c1.c1ccc2cc(-c3ccc(-c4ccc5c(c4)c4ccccc4n5-c4cc5ccccc5c5ccccc45)cc3)ccc2c1. The van der Waals surface area contributed by atoms with Gasteiger partial charge in [-0.05, 0) is 261 Å². The summed E-state index contributed by atoms with van der Waals surface area (Å²) in [5.74, 6) is 0. The number of para-hydroxylation sites is 3. The Hall–Kier alpha value is -17.5. The second-order valence-corrected chi connectivity index (χ2v) is 35.3. The Labute approximate surface area is 768 Å². The number of hydrogen-bond donors (Lipinski definition) is 0. The molecular weight excluding hydrogens is 1600 g/mol. The van der Waals surface area contributed by atoms with E-state index in [2.05, 4.69) is 517 Å². The van der Waals surface area contributed by atoms with Crippen LogP contribution in [0.25, 0.3) is 257 Å². The summed E-state index contributed by atoms with van der Waals surface area (Å²) in [5, 5.41) is 33.2. The molecule has 0 fully saturated rings. The highest BCUT2D eigenvalue weighted by atomic mass is 15.0. The Kier molecular flexibility index (Phi) is 18.3. The van der Waals surface area contributed by atoms with Crippen LogP contribution in [-0.2, 0) is 0 Å². The summed E-state index contributed by atoms with van der Waals surface area (Å²) < 4.78 is 7.30. The van der Waals surface area contributed by atoms with Gasteiger partial charge < -0.3 is 13.7 Å². The van der Waals surface area contributed by atoms with Crippen molar-refractivity contribution in [1.82, 2.24) is 13.7 Å². The molecule has 0 unspecified atom stereocenters. The van der Waals surface area contributed by atoms with Gasteiger partial charge in [0.05, 0.1) is 44.5 Å². The molecule has 618 valence electrons. The molecule has 0 N–H and O–H groups in total. The zero-order valence-electron chi connectivity index (χ0n) is 72.8. The minimum Gasteiger partial charge on any atom is -0.309 e. The predicted molar refractivity (Wildman–Crippen MR) is 570 cm³/mol. The monoisotopic (exact) mass is 1690 g/mol. The van der Waals surface area contributed by atoms with Gasteiger partial charge >= 0.3 is 0 Å². The second kappa shape index (κ2) is 31.8. The molecule has 0 saturated carbocycles. The Balaban J connectivity index is 0.000000104. The van der Waals surface area contributed by atoms with Crippen LogP contribution in [0.15, 0.2) is 504 Å². The Morgan fingerprint density at radius 2 is 0.383 bits per heavy atom. The molecule has 0 atom stereocenters. The first-order valence-electron chi connectivity index (χ1n) is 46.0. The minimum absolute atomic E-state index is 1.18. The van der Waals surface area contributed by atoms with Crippen molar-refractivity contribution in [2.45, 2.75) is 0 Å². The van der Waals surface area contributed by atoms with Crippen molar-refractivity contribution in [1.29, 1.82) is 0 Å². The summed E-state index contributed by atoms with van der Waals surface area (Å²) in [5.41, 5.74) is 25.7. The van der Waals surface area contributed by atoms with Gasteiger partial charge in [-0.2, -0.15) is 0 Å². The predicted octanol–water partition coefficient (Wildman–Crippen LogP) is 35.9. The fraction of sp³-hybridized carbons (Fsp3) is 0. The molecule has 133 heavy (non-hydrogen) atoms. The Morgan fingerprint density at radius 3 is 0.865 bits per heavy atom. The molecule has 28 aromatic rings. The third-order valence-electron chi connectivity index (χ3n) is 27.9. The van der Waals surface area contributed by atoms with Crippen LogP contribution in [0.3, 0.4) is 0 Å². The molecule has 25 aromatic carbocycles. The average Bonchev–Trinajstić information content (AvgIpc) is 1.64. The van der Waals surface area contributed by atoms with Crippen LogP contribution in [0.2, 0.25) is 0 Å². The van der Waals surface area contributed by atoms with Crippen LogP contribution in [0.1, 0.15) is 0 Å². The molecule has 3 aromatic heterocycles. The molecule has 3 heterocycles. The van der Waals surface area contributed by atoms with Crippen molar-refractivity contribution in [2.24, 2.45) is 0 Å². The van der Waals surface area contributed by atoms with Gasteiger partial charge in [0.1, 0.15) is 0 Å². The van der Waals surface area contributed by atoms with Crippen LogP contribution < -0.4 is 0 Å². The van der Waals surface area contributed by atoms with Crippen molar-refractivity contribution in [3.8, 4) is 83.8 Å². The van der Waals surface area contributed by atoms with Crippen molar-refractivity contribution >= 4 is 173 Å². The molecule has 0 amide bonds. The maximum absolute atomic E-state index is 2.45. The highest BCUT2D eigenvalue weighted by molar-refractivity contribution is 6.26. The van der Waals surface area contributed by atoms with E-state index in [1.807, 2.05) is 0 Å². The molecule has 0 aliphatic carbocycles. The van der Waals surface area contributed by atoms with E-state index < -0.39 is 0 Å².